The molecule has 2 unspecified atom stereocenters. The molecule has 92 valence electrons. The van der Waals surface area contributed by atoms with Crippen molar-refractivity contribution in [2.75, 3.05) is 13.1 Å². The zero-order chi connectivity index (χ0) is 12.4. The number of likely N-dealkylation sites (tertiary alicyclic amines) is 1. The van der Waals surface area contributed by atoms with E-state index >= 15 is 0 Å². The van der Waals surface area contributed by atoms with E-state index in [0.717, 1.165) is 13.0 Å². The molecule has 17 heavy (non-hydrogen) atoms. The summed E-state index contributed by atoms with van der Waals surface area (Å²) in [5.74, 6) is 0.483. The molecule has 2 N–H and O–H groups in total. The Morgan fingerprint density at radius 1 is 1.47 bits per heavy atom. The van der Waals surface area contributed by atoms with E-state index in [1.807, 2.05) is 4.90 Å². The molecular formula is C13H17ClN2O. The monoisotopic (exact) mass is 252 g/mol. The van der Waals surface area contributed by atoms with Crippen LogP contribution in [0, 0.1) is 5.92 Å². The molecule has 1 aromatic rings. The minimum atomic E-state index is 0.0227. The van der Waals surface area contributed by atoms with Crippen molar-refractivity contribution in [1.82, 2.24) is 4.90 Å². The fourth-order valence-corrected chi connectivity index (χ4v) is 2.56. The van der Waals surface area contributed by atoms with E-state index in [4.69, 9.17) is 17.3 Å². The average Bonchev–Trinajstić information content (AvgIpc) is 2.26. The zero-order valence-electron chi connectivity index (χ0n) is 9.90. The first-order valence-corrected chi connectivity index (χ1v) is 6.24. The molecule has 1 amide bonds. The third-order valence-electron chi connectivity index (χ3n) is 3.05. The summed E-state index contributed by atoms with van der Waals surface area (Å²) in [6.45, 7) is 3.53. The Kier molecular flexibility index (Phi) is 3.69. The summed E-state index contributed by atoms with van der Waals surface area (Å²) in [7, 11) is 0. The molecule has 0 spiro atoms. The van der Waals surface area contributed by atoms with Crippen LogP contribution in [0.15, 0.2) is 24.3 Å². The van der Waals surface area contributed by atoms with Crippen molar-refractivity contribution in [3.63, 3.8) is 0 Å². The molecule has 1 fully saturated rings. The van der Waals surface area contributed by atoms with Gasteiger partial charge in [-0.05, 0) is 30.5 Å². The van der Waals surface area contributed by atoms with Crippen LogP contribution in [-0.4, -0.2) is 29.9 Å². The number of hydrogen-bond acceptors (Lipinski definition) is 2. The second-order valence-electron chi connectivity index (χ2n) is 4.82. The molecule has 3 nitrogen and oxygen atoms in total. The lowest BCUT2D eigenvalue weighted by Gasteiger charge is -2.34. The summed E-state index contributed by atoms with van der Waals surface area (Å²) in [6, 6.07) is 7.14. The first-order chi connectivity index (χ1) is 8.06. The first-order valence-electron chi connectivity index (χ1n) is 5.86. The number of carbonyl (C=O) groups excluding carboxylic acids is 1. The number of piperidine rings is 1. The van der Waals surface area contributed by atoms with E-state index in [2.05, 4.69) is 6.92 Å². The van der Waals surface area contributed by atoms with Gasteiger partial charge in [0.25, 0.3) is 5.91 Å². The van der Waals surface area contributed by atoms with Crippen molar-refractivity contribution in [2.45, 2.75) is 19.4 Å². The average molecular weight is 253 g/mol. The van der Waals surface area contributed by atoms with Gasteiger partial charge in [0.1, 0.15) is 0 Å². The molecule has 0 bridgehead atoms. The summed E-state index contributed by atoms with van der Waals surface area (Å²) in [5, 5.41) is 0.588. The molecule has 1 aliphatic heterocycles. The van der Waals surface area contributed by atoms with Crippen LogP contribution in [-0.2, 0) is 0 Å². The molecule has 0 saturated carbocycles. The predicted octanol–water partition coefficient (Wildman–Crippen LogP) is 2.15. The minimum absolute atomic E-state index is 0.0227. The van der Waals surface area contributed by atoms with E-state index in [-0.39, 0.29) is 11.9 Å². The highest BCUT2D eigenvalue weighted by Crippen LogP contribution is 2.19. The standard InChI is InChI=1S/C13H17ClN2O/c1-9-5-12(15)8-16(7-9)13(17)10-3-2-4-11(14)6-10/h2-4,6,9,12H,5,7-8,15H2,1H3. The predicted molar refractivity (Wildman–Crippen MR) is 69.1 cm³/mol. The van der Waals surface area contributed by atoms with Crippen molar-refractivity contribution in [3.05, 3.63) is 34.9 Å². The lowest BCUT2D eigenvalue weighted by atomic mass is 9.96. The van der Waals surface area contributed by atoms with Gasteiger partial charge in [-0.3, -0.25) is 4.79 Å². The van der Waals surface area contributed by atoms with Crippen LogP contribution in [0.1, 0.15) is 23.7 Å². The third-order valence-corrected chi connectivity index (χ3v) is 3.29. The normalized spacial score (nSPS) is 24.8. The molecule has 1 aromatic carbocycles. The largest absolute Gasteiger partial charge is 0.337 e. The van der Waals surface area contributed by atoms with E-state index < -0.39 is 0 Å². The van der Waals surface area contributed by atoms with Crippen molar-refractivity contribution >= 4 is 17.5 Å². The van der Waals surface area contributed by atoms with Crippen molar-refractivity contribution in [3.8, 4) is 0 Å². The fraction of sp³-hybridized carbons (Fsp3) is 0.462. The fourth-order valence-electron chi connectivity index (χ4n) is 2.37. The molecule has 1 heterocycles. The lowest BCUT2D eigenvalue weighted by molar-refractivity contribution is 0.0661. The Labute approximate surface area is 107 Å². The molecule has 0 aromatic heterocycles. The van der Waals surface area contributed by atoms with Gasteiger partial charge >= 0.3 is 0 Å². The van der Waals surface area contributed by atoms with E-state index in [0.29, 0.717) is 23.0 Å². The van der Waals surface area contributed by atoms with Crippen LogP contribution in [0.3, 0.4) is 0 Å². The van der Waals surface area contributed by atoms with Gasteiger partial charge in [-0.1, -0.05) is 24.6 Å². The summed E-state index contributed by atoms with van der Waals surface area (Å²) in [5.41, 5.74) is 6.58. The van der Waals surface area contributed by atoms with Gasteiger partial charge in [-0.2, -0.15) is 0 Å². The highest BCUT2D eigenvalue weighted by Gasteiger charge is 2.26. The van der Waals surface area contributed by atoms with Gasteiger partial charge in [0.05, 0.1) is 0 Å². The number of halogens is 1. The molecule has 0 aliphatic carbocycles. The van der Waals surface area contributed by atoms with Gasteiger partial charge < -0.3 is 10.6 Å². The van der Waals surface area contributed by atoms with Crippen LogP contribution in [0.5, 0.6) is 0 Å². The number of hydrogen-bond donors (Lipinski definition) is 1. The van der Waals surface area contributed by atoms with Crippen LogP contribution in [0.25, 0.3) is 0 Å². The van der Waals surface area contributed by atoms with Crippen LogP contribution in [0.2, 0.25) is 5.02 Å². The maximum Gasteiger partial charge on any atom is 0.253 e. The lowest BCUT2D eigenvalue weighted by Crippen LogP contribution is -2.48. The number of benzene rings is 1. The SMILES string of the molecule is CC1CC(N)CN(C(=O)c2cccc(Cl)c2)C1. The van der Waals surface area contributed by atoms with Gasteiger partial charge in [0.15, 0.2) is 0 Å². The second-order valence-corrected chi connectivity index (χ2v) is 5.26. The number of amides is 1. The summed E-state index contributed by atoms with van der Waals surface area (Å²) >= 11 is 5.89. The highest BCUT2D eigenvalue weighted by atomic mass is 35.5. The zero-order valence-corrected chi connectivity index (χ0v) is 10.7. The van der Waals surface area contributed by atoms with Crippen LogP contribution in [0.4, 0.5) is 0 Å². The molecular weight excluding hydrogens is 236 g/mol. The van der Waals surface area contributed by atoms with E-state index in [9.17, 15) is 4.79 Å². The Morgan fingerprint density at radius 3 is 2.88 bits per heavy atom. The third kappa shape index (κ3) is 2.99. The molecule has 1 aliphatic rings. The van der Waals surface area contributed by atoms with E-state index in [1.54, 1.807) is 24.3 Å². The Bertz CT molecular complexity index is 412. The smallest absolute Gasteiger partial charge is 0.253 e. The maximum absolute atomic E-state index is 12.3. The number of rotatable bonds is 1. The van der Waals surface area contributed by atoms with E-state index in [1.165, 1.54) is 0 Å². The minimum Gasteiger partial charge on any atom is -0.337 e. The van der Waals surface area contributed by atoms with Crippen molar-refractivity contribution in [1.29, 1.82) is 0 Å². The van der Waals surface area contributed by atoms with Crippen LogP contribution < -0.4 is 5.73 Å². The van der Waals surface area contributed by atoms with Gasteiger partial charge in [0, 0.05) is 29.7 Å². The Balaban J connectivity index is 2.14. The highest BCUT2D eigenvalue weighted by molar-refractivity contribution is 6.30. The van der Waals surface area contributed by atoms with Crippen molar-refractivity contribution in [2.24, 2.45) is 11.7 Å². The Morgan fingerprint density at radius 2 is 2.24 bits per heavy atom. The summed E-state index contributed by atoms with van der Waals surface area (Å²) in [6.07, 6.45) is 0.985. The molecule has 1 saturated heterocycles. The van der Waals surface area contributed by atoms with Gasteiger partial charge in [0.2, 0.25) is 0 Å². The maximum atomic E-state index is 12.3. The van der Waals surface area contributed by atoms with Gasteiger partial charge in [-0.25, -0.2) is 0 Å². The molecule has 2 atom stereocenters. The Hall–Kier alpha value is -1.06. The van der Waals surface area contributed by atoms with Gasteiger partial charge in [-0.15, -0.1) is 0 Å². The second kappa shape index (κ2) is 5.07. The first kappa shape index (κ1) is 12.4. The summed E-state index contributed by atoms with van der Waals surface area (Å²) < 4.78 is 0. The molecule has 2 rings (SSSR count). The number of nitrogens with zero attached hydrogens (tertiary/aromatic N) is 1. The number of carbonyl (C=O) groups is 1. The topological polar surface area (TPSA) is 46.3 Å². The van der Waals surface area contributed by atoms with Crippen LogP contribution >= 0.6 is 11.6 Å². The summed E-state index contributed by atoms with van der Waals surface area (Å²) in [4.78, 5) is 14.1. The quantitative estimate of drug-likeness (QED) is 0.833. The molecule has 0 radical (unpaired) electrons. The molecule has 4 heteroatoms. The van der Waals surface area contributed by atoms with Crippen molar-refractivity contribution < 1.29 is 4.79 Å². The number of nitrogens with two attached hydrogens (primary N) is 1.